The van der Waals surface area contributed by atoms with Crippen LogP contribution < -0.4 is 10.5 Å². The number of aromatic nitrogens is 1. The van der Waals surface area contributed by atoms with Crippen molar-refractivity contribution >= 4 is 40.6 Å². The summed E-state index contributed by atoms with van der Waals surface area (Å²) in [4.78, 5) is 13.7. The Balaban J connectivity index is 0.000000354. The van der Waals surface area contributed by atoms with E-state index >= 15 is 0 Å². The van der Waals surface area contributed by atoms with E-state index in [1.54, 1.807) is 10.9 Å². The topological polar surface area (TPSA) is 65.2 Å². The van der Waals surface area contributed by atoms with Crippen LogP contribution in [0.2, 0.25) is 0 Å². The minimum Gasteiger partial charge on any atom is -0.391 e. The zero-order valence-corrected chi connectivity index (χ0v) is 8.20. The fourth-order valence-corrected chi connectivity index (χ4v) is 0.806. The second-order valence-corrected chi connectivity index (χ2v) is 2.88. The summed E-state index contributed by atoms with van der Waals surface area (Å²) < 4.78 is 4.39. The molecule has 0 aliphatic heterocycles. The van der Waals surface area contributed by atoms with Crippen LogP contribution in [0.25, 0.3) is 0 Å². The number of alkyl halides is 2. The molecule has 0 aliphatic rings. The Morgan fingerprint density at radius 3 is 2.67 bits per heavy atom. The largest absolute Gasteiger partial charge is 0.411 e. The molecule has 1 aromatic rings. The molecule has 0 aliphatic carbocycles. The van der Waals surface area contributed by atoms with Crippen LogP contribution in [-0.4, -0.2) is 16.4 Å². The number of nitrogens with zero attached hydrogens (tertiary/aromatic N) is 1. The third-order valence-corrected chi connectivity index (χ3v) is 1.18. The van der Waals surface area contributed by atoms with Crippen molar-refractivity contribution in [3.8, 4) is 5.88 Å². The highest BCUT2D eigenvalue weighted by molar-refractivity contribution is 7.07. The molecular formula is C5H6Cl2N2O2S. The van der Waals surface area contributed by atoms with Crippen LogP contribution in [0.5, 0.6) is 5.88 Å². The summed E-state index contributed by atoms with van der Waals surface area (Å²) in [6.07, 6.45) is -0.833. The van der Waals surface area contributed by atoms with Crippen molar-refractivity contribution in [2.75, 3.05) is 5.34 Å². The summed E-state index contributed by atoms with van der Waals surface area (Å²) in [5.74, 6) is 0.257. The SMILES string of the molecule is ClCCl.NC(=O)Oc1cscn1. The monoisotopic (exact) mass is 228 g/mol. The standard InChI is InChI=1S/C4H4N2O2S.CH2Cl2/c5-4(7)8-3-1-9-2-6-3;2-1-3/h1-2H,(H2,5,7);1H2. The van der Waals surface area contributed by atoms with Gasteiger partial charge in [0.2, 0.25) is 5.88 Å². The summed E-state index contributed by atoms with van der Waals surface area (Å²) in [5, 5.41) is 1.78. The first-order valence-corrected chi connectivity index (χ1v) is 4.69. The van der Waals surface area contributed by atoms with Gasteiger partial charge in [-0.05, 0) is 0 Å². The smallest absolute Gasteiger partial charge is 0.391 e. The number of carbonyl (C=O) groups excluding carboxylic acids is 1. The van der Waals surface area contributed by atoms with Gasteiger partial charge >= 0.3 is 6.09 Å². The lowest BCUT2D eigenvalue weighted by Gasteiger charge is -1.90. The maximum atomic E-state index is 10.0. The maximum Gasteiger partial charge on any atom is 0.411 e. The van der Waals surface area contributed by atoms with Gasteiger partial charge in [-0.2, -0.15) is 0 Å². The van der Waals surface area contributed by atoms with Gasteiger partial charge in [0, 0.05) is 0 Å². The summed E-state index contributed by atoms with van der Waals surface area (Å²) in [6, 6.07) is 0. The number of amides is 1. The third-order valence-electron chi connectivity index (χ3n) is 0.615. The van der Waals surface area contributed by atoms with E-state index in [1.165, 1.54) is 11.3 Å². The highest BCUT2D eigenvalue weighted by Crippen LogP contribution is 2.08. The summed E-state index contributed by atoms with van der Waals surface area (Å²) in [7, 11) is 0. The van der Waals surface area contributed by atoms with E-state index in [2.05, 4.69) is 15.5 Å². The molecule has 1 amide bonds. The Kier molecular flexibility index (Phi) is 6.84. The zero-order valence-electron chi connectivity index (χ0n) is 5.87. The predicted octanol–water partition coefficient (Wildman–Crippen LogP) is 2.02. The van der Waals surface area contributed by atoms with E-state index in [0.717, 1.165) is 0 Å². The van der Waals surface area contributed by atoms with Crippen molar-refractivity contribution in [1.82, 2.24) is 4.98 Å². The molecule has 7 heteroatoms. The molecule has 0 radical (unpaired) electrons. The first-order valence-electron chi connectivity index (χ1n) is 2.68. The molecule has 68 valence electrons. The van der Waals surface area contributed by atoms with Gasteiger partial charge in [0.05, 0.1) is 16.2 Å². The molecule has 0 aromatic carbocycles. The van der Waals surface area contributed by atoms with E-state index in [-0.39, 0.29) is 11.2 Å². The molecule has 2 N–H and O–H groups in total. The quantitative estimate of drug-likeness (QED) is 0.749. The average molecular weight is 229 g/mol. The molecule has 0 spiro atoms. The fraction of sp³-hybridized carbons (Fsp3) is 0.200. The van der Waals surface area contributed by atoms with Gasteiger partial charge in [0.25, 0.3) is 0 Å². The van der Waals surface area contributed by atoms with Gasteiger partial charge in [0.15, 0.2) is 0 Å². The van der Waals surface area contributed by atoms with E-state index in [9.17, 15) is 4.79 Å². The first-order chi connectivity index (χ1) is 5.70. The second kappa shape index (κ2) is 7.15. The van der Waals surface area contributed by atoms with E-state index in [1.807, 2.05) is 0 Å². The van der Waals surface area contributed by atoms with E-state index in [0.29, 0.717) is 0 Å². The first kappa shape index (κ1) is 11.5. The lowest BCUT2D eigenvalue weighted by Crippen LogP contribution is -2.16. The molecular weight excluding hydrogens is 223 g/mol. The number of nitrogens with two attached hydrogens (primary N) is 1. The number of hydrogen-bond acceptors (Lipinski definition) is 4. The van der Waals surface area contributed by atoms with Gasteiger partial charge in [-0.25, -0.2) is 9.78 Å². The molecule has 0 saturated heterocycles. The lowest BCUT2D eigenvalue weighted by atomic mass is 10.9. The number of hydrogen-bond donors (Lipinski definition) is 1. The molecule has 0 fully saturated rings. The van der Waals surface area contributed by atoms with Crippen LogP contribution in [0.4, 0.5) is 4.79 Å². The normalized spacial score (nSPS) is 8.17. The predicted molar refractivity (Wildman–Crippen MR) is 48.9 cm³/mol. The van der Waals surface area contributed by atoms with Gasteiger partial charge in [0.1, 0.15) is 0 Å². The van der Waals surface area contributed by atoms with Crippen LogP contribution in [-0.2, 0) is 0 Å². The van der Waals surface area contributed by atoms with Crippen LogP contribution in [0.1, 0.15) is 0 Å². The fourth-order valence-electron chi connectivity index (χ4n) is 0.355. The summed E-state index contributed by atoms with van der Waals surface area (Å²) in [6.45, 7) is 0. The highest BCUT2D eigenvalue weighted by Gasteiger charge is 1.97. The number of primary amides is 1. The molecule has 12 heavy (non-hydrogen) atoms. The molecule has 0 bridgehead atoms. The van der Waals surface area contributed by atoms with Crippen molar-refractivity contribution < 1.29 is 9.53 Å². The molecule has 1 rings (SSSR count). The Hall–Kier alpha value is -0.520. The third kappa shape index (κ3) is 6.21. The average Bonchev–Trinajstić information content (AvgIpc) is 2.40. The maximum absolute atomic E-state index is 10.0. The zero-order chi connectivity index (χ0) is 9.40. The Labute approximate surface area is 83.2 Å². The Morgan fingerprint density at radius 1 is 1.75 bits per heavy atom. The molecule has 4 nitrogen and oxygen atoms in total. The van der Waals surface area contributed by atoms with E-state index in [4.69, 9.17) is 23.2 Å². The van der Waals surface area contributed by atoms with Crippen molar-refractivity contribution in [2.45, 2.75) is 0 Å². The number of halogens is 2. The minimum atomic E-state index is -0.833. The number of carbonyl (C=O) groups is 1. The van der Waals surface area contributed by atoms with Crippen LogP contribution in [0, 0.1) is 0 Å². The minimum absolute atomic E-state index is 0.194. The van der Waals surface area contributed by atoms with Crippen molar-refractivity contribution in [1.29, 1.82) is 0 Å². The van der Waals surface area contributed by atoms with E-state index < -0.39 is 6.09 Å². The molecule has 0 atom stereocenters. The number of ether oxygens (including phenoxy) is 1. The number of rotatable bonds is 1. The Bertz CT molecular complexity index is 217. The summed E-state index contributed by atoms with van der Waals surface area (Å²) in [5.41, 5.74) is 6.24. The molecule has 1 aromatic heterocycles. The van der Waals surface area contributed by atoms with Gasteiger partial charge < -0.3 is 10.5 Å². The lowest BCUT2D eigenvalue weighted by molar-refractivity contribution is 0.209. The second-order valence-electron chi connectivity index (χ2n) is 1.35. The van der Waals surface area contributed by atoms with Crippen LogP contribution >= 0.6 is 34.5 Å². The van der Waals surface area contributed by atoms with Crippen molar-refractivity contribution in [2.24, 2.45) is 5.73 Å². The number of thiazole rings is 1. The van der Waals surface area contributed by atoms with Crippen molar-refractivity contribution in [3.63, 3.8) is 0 Å². The van der Waals surface area contributed by atoms with Gasteiger partial charge in [-0.15, -0.1) is 34.5 Å². The Morgan fingerprint density at radius 2 is 2.33 bits per heavy atom. The van der Waals surface area contributed by atoms with Gasteiger partial charge in [-0.1, -0.05) is 0 Å². The highest BCUT2D eigenvalue weighted by atomic mass is 35.5. The molecule has 0 saturated carbocycles. The molecule has 1 heterocycles. The van der Waals surface area contributed by atoms with Crippen LogP contribution in [0.15, 0.2) is 10.9 Å². The summed E-state index contributed by atoms with van der Waals surface area (Å²) >= 11 is 10.9. The van der Waals surface area contributed by atoms with Crippen molar-refractivity contribution in [3.05, 3.63) is 10.9 Å². The van der Waals surface area contributed by atoms with Crippen LogP contribution in [0.3, 0.4) is 0 Å². The van der Waals surface area contributed by atoms with Gasteiger partial charge in [-0.3, -0.25) is 0 Å². The molecule has 0 unspecified atom stereocenters.